The number of rotatable bonds is 7. The van der Waals surface area contributed by atoms with E-state index in [1.54, 1.807) is 37.3 Å². The second-order valence-electron chi connectivity index (χ2n) is 8.81. The molecule has 4 rings (SSSR count). The molecule has 1 aliphatic rings. The molecule has 3 heterocycles. The number of carbonyl (C=O) groups excluding carboxylic acids is 2. The van der Waals surface area contributed by atoms with Crippen LogP contribution in [0.1, 0.15) is 10.5 Å². The van der Waals surface area contributed by atoms with Gasteiger partial charge in [-0.25, -0.2) is 9.78 Å². The number of hydrogen-bond donors (Lipinski definition) is 3. The Labute approximate surface area is 199 Å². The molecule has 0 unspecified atom stereocenters. The van der Waals surface area contributed by atoms with Crippen molar-refractivity contribution in [3.8, 4) is 17.1 Å². The van der Waals surface area contributed by atoms with Gasteiger partial charge in [-0.15, -0.1) is 10.2 Å². The fourth-order valence-corrected chi connectivity index (χ4v) is 3.51. The second kappa shape index (κ2) is 9.08. The standard InChI is InChI=1S/C19H24B3N9O3/c1-30-9-24-16(29-30)10-4-3-5-11(15(10)34-2)25-12-8-13(31-7-6-23-18(31)33)27-28-14(12)17(32)26-19(20,21)22/h3-5,8-9H,6-7,20-22H2,1-2H3,(H,23,33)(H,25,27)(H,26,32). The highest BCUT2D eigenvalue weighted by Crippen LogP contribution is 2.37. The van der Waals surface area contributed by atoms with Crippen molar-refractivity contribution < 1.29 is 14.3 Å². The van der Waals surface area contributed by atoms with Gasteiger partial charge in [0.15, 0.2) is 23.1 Å². The van der Waals surface area contributed by atoms with E-state index in [1.165, 1.54) is 4.90 Å². The third kappa shape index (κ3) is 4.82. The fourth-order valence-electron chi connectivity index (χ4n) is 3.51. The maximum absolute atomic E-state index is 13.0. The molecule has 0 aliphatic carbocycles. The highest BCUT2D eigenvalue weighted by molar-refractivity contribution is 6.60. The van der Waals surface area contributed by atoms with E-state index in [0.29, 0.717) is 47.4 Å². The van der Waals surface area contributed by atoms with Crippen molar-refractivity contribution in [2.24, 2.45) is 7.05 Å². The van der Waals surface area contributed by atoms with E-state index in [0.717, 1.165) is 0 Å². The van der Waals surface area contributed by atoms with Crippen molar-refractivity contribution in [1.82, 2.24) is 35.6 Å². The molecule has 15 heteroatoms. The molecule has 1 saturated heterocycles. The highest BCUT2D eigenvalue weighted by atomic mass is 16.5. The first-order valence-corrected chi connectivity index (χ1v) is 10.7. The zero-order chi connectivity index (χ0) is 24.5. The van der Waals surface area contributed by atoms with E-state index in [-0.39, 0.29) is 11.7 Å². The highest BCUT2D eigenvalue weighted by Gasteiger charge is 2.27. The SMILES string of the molecule is BC(B)(B)NC(=O)c1nnc(N2CCNC2=O)cc1Nc1cccc(-c2ncn(C)n2)c1OC. The van der Waals surface area contributed by atoms with E-state index in [2.05, 4.69) is 36.2 Å². The van der Waals surface area contributed by atoms with Crippen molar-refractivity contribution in [3.05, 3.63) is 36.3 Å². The molecule has 172 valence electrons. The molecular formula is C19H24B3N9O3. The fraction of sp³-hybridized carbons (Fsp3) is 0.263. The van der Waals surface area contributed by atoms with Crippen LogP contribution in [0.15, 0.2) is 30.6 Å². The van der Waals surface area contributed by atoms with Gasteiger partial charge in [0.1, 0.15) is 29.9 Å². The monoisotopic (exact) mass is 459 g/mol. The number of nitrogens with one attached hydrogen (secondary N) is 3. The summed E-state index contributed by atoms with van der Waals surface area (Å²) in [5.41, 5.74) is 1.70. The molecular weight excluding hydrogens is 435 g/mol. The predicted molar refractivity (Wildman–Crippen MR) is 135 cm³/mol. The molecule has 0 radical (unpaired) electrons. The van der Waals surface area contributed by atoms with Crippen LogP contribution in [0.25, 0.3) is 11.4 Å². The predicted octanol–water partition coefficient (Wildman–Crippen LogP) is -2.21. The number of ether oxygens (including phenoxy) is 1. The van der Waals surface area contributed by atoms with Crippen molar-refractivity contribution in [2.45, 2.75) is 5.24 Å². The summed E-state index contributed by atoms with van der Waals surface area (Å²) >= 11 is 0. The topological polar surface area (TPSA) is 139 Å². The Kier molecular flexibility index (Phi) is 6.18. The average molecular weight is 459 g/mol. The Morgan fingerprint density at radius 1 is 1.24 bits per heavy atom. The summed E-state index contributed by atoms with van der Waals surface area (Å²) < 4.78 is 7.28. The lowest BCUT2D eigenvalue weighted by Crippen LogP contribution is -2.50. The molecule has 0 bridgehead atoms. The molecule has 3 N–H and O–H groups in total. The number of aromatic nitrogens is 5. The summed E-state index contributed by atoms with van der Waals surface area (Å²) in [5.74, 6) is 0.914. The summed E-state index contributed by atoms with van der Waals surface area (Å²) in [7, 11) is 8.96. The van der Waals surface area contributed by atoms with Gasteiger partial charge in [0.25, 0.3) is 5.91 Å². The molecule has 2 aromatic heterocycles. The summed E-state index contributed by atoms with van der Waals surface area (Å²) in [4.78, 5) is 31.0. The number of para-hydroxylation sites is 1. The Morgan fingerprint density at radius 2 is 2.03 bits per heavy atom. The minimum Gasteiger partial charge on any atom is -0.494 e. The van der Waals surface area contributed by atoms with Crippen LogP contribution in [0, 0.1) is 0 Å². The number of hydrogen-bond acceptors (Lipinski definition) is 8. The van der Waals surface area contributed by atoms with Gasteiger partial charge in [0, 0.05) is 26.2 Å². The largest absolute Gasteiger partial charge is 0.494 e. The molecule has 0 spiro atoms. The molecule has 0 atom stereocenters. The quantitative estimate of drug-likeness (QED) is 0.339. The lowest BCUT2D eigenvalue weighted by atomic mass is 9.49. The molecule has 0 saturated carbocycles. The number of methoxy groups -OCH3 is 1. The van der Waals surface area contributed by atoms with Crippen LogP contribution in [0.3, 0.4) is 0 Å². The zero-order valence-corrected chi connectivity index (χ0v) is 19.7. The lowest BCUT2D eigenvalue weighted by molar-refractivity contribution is 0.0947. The Morgan fingerprint density at radius 3 is 2.65 bits per heavy atom. The Balaban J connectivity index is 1.77. The number of aryl methyl sites for hydroxylation is 1. The maximum Gasteiger partial charge on any atom is 0.323 e. The van der Waals surface area contributed by atoms with Gasteiger partial charge in [0.05, 0.1) is 24.0 Å². The normalized spacial score (nSPS) is 13.5. The van der Waals surface area contributed by atoms with Gasteiger partial charge < -0.3 is 20.7 Å². The first kappa shape index (κ1) is 23.1. The van der Waals surface area contributed by atoms with Crippen LogP contribution in [0.4, 0.5) is 22.0 Å². The van der Waals surface area contributed by atoms with Crippen LogP contribution in [0.5, 0.6) is 5.75 Å². The van der Waals surface area contributed by atoms with Crippen LogP contribution >= 0.6 is 0 Å². The number of amides is 3. The van der Waals surface area contributed by atoms with Gasteiger partial charge in [-0.1, -0.05) is 6.07 Å². The molecule has 1 aliphatic heterocycles. The summed E-state index contributed by atoms with van der Waals surface area (Å²) in [6.07, 6.45) is 1.60. The van der Waals surface area contributed by atoms with E-state index in [4.69, 9.17) is 4.74 Å². The third-order valence-electron chi connectivity index (χ3n) is 4.95. The Bertz CT molecular complexity index is 1250. The van der Waals surface area contributed by atoms with Crippen LogP contribution < -0.4 is 25.6 Å². The van der Waals surface area contributed by atoms with Crippen molar-refractivity contribution in [2.75, 3.05) is 30.4 Å². The molecule has 34 heavy (non-hydrogen) atoms. The summed E-state index contributed by atoms with van der Waals surface area (Å²) in [6, 6.07) is 6.83. The minimum absolute atomic E-state index is 0.0849. The van der Waals surface area contributed by atoms with Gasteiger partial charge in [-0.2, -0.15) is 5.10 Å². The maximum atomic E-state index is 13.0. The van der Waals surface area contributed by atoms with Crippen molar-refractivity contribution in [1.29, 1.82) is 0 Å². The van der Waals surface area contributed by atoms with Crippen LogP contribution in [-0.4, -0.2) is 85.9 Å². The van der Waals surface area contributed by atoms with Crippen LogP contribution in [-0.2, 0) is 7.05 Å². The third-order valence-corrected chi connectivity index (χ3v) is 4.95. The van der Waals surface area contributed by atoms with Gasteiger partial charge in [-0.3, -0.25) is 14.4 Å². The number of anilines is 3. The van der Waals surface area contributed by atoms with Crippen molar-refractivity contribution >= 4 is 52.7 Å². The average Bonchev–Trinajstić information content (AvgIpc) is 3.40. The zero-order valence-electron chi connectivity index (χ0n) is 19.7. The number of benzene rings is 1. The van der Waals surface area contributed by atoms with Gasteiger partial charge >= 0.3 is 6.03 Å². The van der Waals surface area contributed by atoms with E-state index >= 15 is 0 Å². The van der Waals surface area contributed by atoms with E-state index < -0.39 is 11.1 Å². The number of carbonyl (C=O) groups is 2. The second-order valence-corrected chi connectivity index (χ2v) is 8.81. The smallest absolute Gasteiger partial charge is 0.323 e. The Hall–Kier alpha value is -4.03. The minimum atomic E-state index is -0.480. The first-order chi connectivity index (χ1) is 16.2. The first-order valence-electron chi connectivity index (χ1n) is 10.7. The van der Waals surface area contributed by atoms with E-state index in [9.17, 15) is 9.59 Å². The molecule has 1 aromatic carbocycles. The van der Waals surface area contributed by atoms with Crippen molar-refractivity contribution in [3.63, 3.8) is 0 Å². The van der Waals surface area contributed by atoms with Gasteiger partial charge in [0.2, 0.25) is 0 Å². The number of nitrogens with zero attached hydrogens (tertiary/aromatic N) is 6. The summed E-state index contributed by atoms with van der Waals surface area (Å²) in [6.45, 7) is 0.952. The lowest BCUT2D eigenvalue weighted by Gasteiger charge is -2.22. The molecule has 3 aromatic rings. The molecule has 3 amide bonds. The number of urea groups is 1. The van der Waals surface area contributed by atoms with Gasteiger partial charge in [-0.05, 0) is 17.4 Å². The van der Waals surface area contributed by atoms with Crippen LogP contribution in [0.2, 0.25) is 0 Å². The molecule has 1 fully saturated rings. The van der Waals surface area contributed by atoms with E-state index in [1.807, 2.05) is 35.7 Å². The molecule has 12 nitrogen and oxygen atoms in total. The summed E-state index contributed by atoms with van der Waals surface area (Å²) in [5, 5.41) is 21.1.